The predicted octanol–water partition coefficient (Wildman–Crippen LogP) is 3.41. The summed E-state index contributed by atoms with van der Waals surface area (Å²) in [5.41, 5.74) is 3.01. The second-order valence-electron chi connectivity index (χ2n) is 5.53. The summed E-state index contributed by atoms with van der Waals surface area (Å²) in [7, 11) is 1.72. The van der Waals surface area contributed by atoms with Crippen molar-refractivity contribution in [2.45, 2.75) is 19.8 Å². The van der Waals surface area contributed by atoms with Crippen molar-refractivity contribution in [1.29, 1.82) is 0 Å². The molecular weight excluding hydrogens is 328 g/mol. The molecule has 0 atom stereocenters. The largest absolute Gasteiger partial charge is 0.361 e. The summed E-state index contributed by atoms with van der Waals surface area (Å²) in [5, 5.41) is 11.5. The van der Waals surface area contributed by atoms with E-state index < -0.39 is 0 Å². The van der Waals surface area contributed by atoms with Gasteiger partial charge in [0, 0.05) is 30.0 Å². The average Bonchev–Trinajstić information content (AvgIpc) is 3.16. The molecular formula is C17H17ClN4O2. The highest BCUT2D eigenvalue weighted by molar-refractivity contribution is 6.31. The summed E-state index contributed by atoms with van der Waals surface area (Å²) in [4.78, 5) is 12.2. The fourth-order valence-corrected chi connectivity index (χ4v) is 2.65. The van der Waals surface area contributed by atoms with E-state index >= 15 is 0 Å². The topological polar surface area (TPSA) is 73.0 Å². The maximum atomic E-state index is 12.2. The van der Waals surface area contributed by atoms with Gasteiger partial charge in [0.15, 0.2) is 0 Å². The molecule has 24 heavy (non-hydrogen) atoms. The van der Waals surface area contributed by atoms with Gasteiger partial charge >= 0.3 is 0 Å². The van der Waals surface area contributed by atoms with Crippen molar-refractivity contribution in [2.75, 3.05) is 5.32 Å². The Morgan fingerprint density at radius 3 is 2.79 bits per heavy atom. The van der Waals surface area contributed by atoms with Gasteiger partial charge in [0.2, 0.25) is 0 Å². The third kappa shape index (κ3) is 3.65. The Morgan fingerprint density at radius 1 is 1.29 bits per heavy atom. The minimum Gasteiger partial charge on any atom is -0.361 e. The fourth-order valence-electron chi connectivity index (χ4n) is 2.43. The Bertz CT molecular complexity index is 869. The third-order valence-electron chi connectivity index (χ3n) is 3.68. The lowest BCUT2D eigenvalue weighted by atomic mass is 10.1. The lowest BCUT2D eigenvalue weighted by Gasteiger charge is -2.09. The molecule has 0 spiro atoms. The van der Waals surface area contributed by atoms with E-state index in [2.05, 4.69) is 15.6 Å². The number of hydrogen-bond acceptors (Lipinski definition) is 4. The van der Waals surface area contributed by atoms with Crippen molar-refractivity contribution >= 4 is 23.2 Å². The van der Waals surface area contributed by atoms with Crippen LogP contribution in [0, 0.1) is 6.92 Å². The monoisotopic (exact) mass is 344 g/mol. The lowest BCUT2D eigenvalue weighted by molar-refractivity contribution is 0.101. The van der Waals surface area contributed by atoms with Crippen LogP contribution in [0.3, 0.4) is 0 Å². The second-order valence-corrected chi connectivity index (χ2v) is 5.94. The minimum absolute atomic E-state index is 0.213. The van der Waals surface area contributed by atoms with Gasteiger partial charge in [-0.2, -0.15) is 5.10 Å². The van der Waals surface area contributed by atoms with Crippen LogP contribution in [0.4, 0.5) is 5.69 Å². The molecule has 0 aliphatic heterocycles. The molecule has 2 heterocycles. The molecule has 0 bridgehead atoms. The smallest absolute Gasteiger partial charge is 0.273 e. The first kappa shape index (κ1) is 16.3. The van der Waals surface area contributed by atoms with Crippen LogP contribution < -0.4 is 5.32 Å². The zero-order valence-corrected chi connectivity index (χ0v) is 14.2. The van der Waals surface area contributed by atoms with Gasteiger partial charge in [0.25, 0.3) is 5.91 Å². The van der Waals surface area contributed by atoms with Gasteiger partial charge in [-0.3, -0.25) is 9.48 Å². The zero-order chi connectivity index (χ0) is 17.1. The predicted molar refractivity (Wildman–Crippen MR) is 91.3 cm³/mol. The summed E-state index contributed by atoms with van der Waals surface area (Å²) < 4.78 is 6.59. The van der Waals surface area contributed by atoms with Gasteiger partial charge in [-0.15, -0.1) is 0 Å². The molecule has 0 aliphatic rings. The van der Waals surface area contributed by atoms with E-state index in [1.807, 2.05) is 19.1 Å². The number of aromatic nitrogens is 3. The number of carbonyl (C=O) groups is 1. The van der Waals surface area contributed by atoms with Gasteiger partial charge in [0.1, 0.15) is 11.5 Å². The maximum Gasteiger partial charge on any atom is 0.273 e. The molecule has 3 aromatic rings. The zero-order valence-electron chi connectivity index (χ0n) is 13.4. The Kier molecular flexibility index (Phi) is 4.66. The summed E-state index contributed by atoms with van der Waals surface area (Å²) in [6.07, 6.45) is 3.01. The highest BCUT2D eigenvalue weighted by atomic mass is 35.5. The van der Waals surface area contributed by atoms with Crippen molar-refractivity contribution in [3.8, 4) is 0 Å². The van der Waals surface area contributed by atoms with Gasteiger partial charge in [-0.05, 0) is 49.6 Å². The number of nitrogens with zero attached hydrogens (tertiary/aromatic N) is 3. The molecule has 0 saturated carbocycles. The Morgan fingerprint density at radius 2 is 2.12 bits per heavy atom. The summed E-state index contributed by atoms with van der Waals surface area (Å²) in [6, 6.07) is 9.01. The molecule has 6 nitrogen and oxygen atoms in total. The molecule has 0 saturated heterocycles. The Balaban J connectivity index is 1.71. The Hall–Kier alpha value is -2.60. The summed E-state index contributed by atoms with van der Waals surface area (Å²) in [5.74, 6) is 0.573. The molecule has 124 valence electrons. The molecule has 3 rings (SSSR count). The normalized spacial score (nSPS) is 10.8. The number of carbonyl (C=O) groups excluding carboxylic acids is 1. The molecule has 1 aromatic carbocycles. The van der Waals surface area contributed by atoms with Crippen LogP contribution in [0.5, 0.6) is 0 Å². The molecule has 1 amide bonds. The second kappa shape index (κ2) is 6.88. The average molecular weight is 345 g/mol. The Labute approximate surface area is 144 Å². The number of rotatable bonds is 5. The third-order valence-corrected chi connectivity index (χ3v) is 4.05. The number of anilines is 1. The fraction of sp³-hybridized carbons (Fsp3) is 0.235. The number of amides is 1. The van der Waals surface area contributed by atoms with Crippen LogP contribution in [0.25, 0.3) is 0 Å². The molecule has 0 radical (unpaired) electrons. The lowest BCUT2D eigenvalue weighted by Crippen LogP contribution is -2.16. The van der Waals surface area contributed by atoms with Crippen molar-refractivity contribution in [3.05, 3.63) is 64.3 Å². The van der Waals surface area contributed by atoms with E-state index in [0.717, 1.165) is 23.4 Å². The van der Waals surface area contributed by atoms with Crippen molar-refractivity contribution in [3.63, 3.8) is 0 Å². The first-order valence-electron chi connectivity index (χ1n) is 7.53. The highest BCUT2D eigenvalue weighted by Gasteiger charge is 2.11. The van der Waals surface area contributed by atoms with E-state index in [9.17, 15) is 4.79 Å². The highest BCUT2D eigenvalue weighted by Crippen LogP contribution is 2.22. The maximum absolute atomic E-state index is 12.2. The SMILES string of the molecule is Cc1cc(CCc2cc(NC(=O)c3ccnn3C)ccc2Cl)no1. The van der Waals surface area contributed by atoms with E-state index in [1.165, 1.54) is 4.68 Å². The first-order valence-corrected chi connectivity index (χ1v) is 7.90. The number of nitrogens with one attached hydrogen (secondary N) is 1. The van der Waals surface area contributed by atoms with Crippen LogP contribution in [-0.2, 0) is 19.9 Å². The quantitative estimate of drug-likeness (QED) is 0.769. The molecule has 0 fully saturated rings. The van der Waals surface area contributed by atoms with Crippen LogP contribution in [0.2, 0.25) is 5.02 Å². The van der Waals surface area contributed by atoms with Crippen LogP contribution in [0.1, 0.15) is 27.5 Å². The van der Waals surface area contributed by atoms with E-state index in [4.69, 9.17) is 16.1 Å². The number of benzene rings is 1. The van der Waals surface area contributed by atoms with Crippen molar-refractivity contribution in [2.24, 2.45) is 7.05 Å². The van der Waals surface area contributed by atoms with Crippen molar-refractivity contribution < 1.29 is 9.32 Å². The number of hydrogen-bond donors (Lipinski definition) is 1. The minimum atomic E-state index is -0.213. The summed E-state index contributed by atoms with van der Waals surface area (Å²) >= 11 is 6.26. The van der Waals surface area contributed by atoms with E-state index in [1.54, 1.807) is 31.4 Å². The van der Waals surface area contributed by atoms with Gasteiger partial charge in [-0.25, -0.2) is 0 Å². The number of aryl methyl sites for hydroxylation is 4. The molecule has 2 aromatic heterocycles. The first-order chi connectivity index (χ1) is 11.5. The van der Waals surface area contributed by atoms with Crippen molar-refractivity contribution in [1.82, 2.24) is 14.9 Å². The number of halogens is 1. The van der Waals surface area contributed by atoms with Crippen LogP contribution >= 0.6 is 11.6 Å². The standard InChI is InChI=1S/C17H17ClN4O2/c1-11-9-14(21-24-11)4-3-12-10-13(5-6-15(12)18)20-17(23)16-7-8-19-22(16)2/h5-10H,3-4H2,1-2H3,(H,20,23). The van der Waals surface area contributed by atoms with Crippen LogP contribution in [0.15, 0.2) is 41.1 Å². The van der Waals surface area contributed by atoms with Gasteiger partial charge in [0.05, 0.1) is 5.69 Å². The molecule has 7 heteroatoms. The molecule has 1 N–H and O–H groups in total. The van der Waals surface area contributed by atoms with Gasteiger partial charge < -0.3 is 9.84 Å². The van der Waals surface area contributed by atoms with E-state index in [-0.39, 0.29) is 5.91 Å². The molecule has 0 aliphatic carbocycles. The van der Waals surface area contributed by atoms with Gasteiger partial charge in [-0.1, -0.05) is 16.8 Å². The van der Waals surface area contributed by atoms with E-state index in [0.29, 0.717) is 22.8 Å². The molecule has 0 unspecified atom stereocenters. The van der Waals surface area contributed by atoms with Crippen LogP contribution in [-0.4, -0.2) is 20.8 Å². The summed E-state index contributed by atoms with van der Waals surface area (Å²) in [6.45, 7) is 1.86.